The van der Waals surface area contributed by atoms with Crippen LogP contribution >= 0.6 is 0 Å². The van der Waals surface area contributed by atoms with Crippen LogP contribution in [0.4, 0.5) is 5.69 Å². The van der Waals surface area contributed by atoms with Crippen molar-refractivity contribution in [2.45, 2.75) is 46.6 Å². The van der Waals surface area contributed by atoms with E-state index < -0.39 is 41.3 Å². The van der Waals surface area contributed by atoms with Gasteiger partial charge in [0.15, 0.2) is 5.78 Å². The highest BCUT2D eigenvalue weighted by Crippen LogP contribution is 2.42. The van der Waals surface area contributed by atoms with E-state index in [0.717, 1.165) is 5.69 Å². The minimum absolute atomic E-state index is 0.0108. The van der Waals surface area contributed by atoms with E-state index >= 15 is 0 Å². The van der Waals surface area contributed by atoms with Crippen molar-refractivity contribution in [2.75, 3.05) is 32.1 Å². The van der Waals surface area contributed by atoms with Crippen molar-refractivity contribution in [3.8, 4) is 5.75 Å². The van der Waals surface area contributed by atoms with Gasteiger partial charge in [-0.3, -0.25) is 19.2 Å². The number of aliphatic hydroxyl groups excluding tert-OH is 2. The molecule has 1 atom stereocenters. The zero-order chi connectivity index (χ0) is 27.8. The van der Waals surface area contributed by atoms with Gasteiger partial charge in [-0.05, 0) is 35.8 Å². The Labute approximate surface area is 215 Å². The van der Waals surface area contributed by atoms with Gasteiger partial charge in [-0.2, -0.15) is 0 Å². The first kappa shape index (κ1) is 28.1. The Bertz CT molecular complexity index is 1240. The SMILES string of the molecule is CN(C)c1cc(CNCC(C)(C)C)c(O)c2c1C[C@@H](CC1=C(CO)C(O)=C(C(N)=O)C(=O)C1=O)CC2=O. The molecule has 0 aromatic heterocycles. The van der Waals surface area contributed by atoms with Crippen molar-refractivity contribution in [2.24, 2.45) is 17.1 Å². The van der Waals surface area contributed by atoms with Crippen LogP contribution in [0.3, 0.4) is 0 Å². The number of nitrogens with one attached hydrogen (secondary N) is 1. The maximum absolute atomic E-state index is 13.3. The first-order valence-electron chi connectivity index (χ1n) is 12.1. The number of fused-ring (bicyclic) bond motifs is 1. The molecule has 0 saturated carbocycles. The molecule has 1 amide bonds. The first-order chi connectivity index (χ1) is 17.2. The van der Waals surface area contributed by atoms with Crippen molar-refractivity contribution in [1.82, 2.24) is 5.32 Å². The Hall–Kier alpha value is -3.50. The van der Waals surface area contributed by atoms with Gasteiger partial charge in [0.2, 0.25) is 11.6 Å². The number of carbonyl (C=O) groups excluding carboxylic acids is 4. The van der Waals surface area contributed by atoms with Crippen LogP contribution in [-0.2, 0) is 27.3 Å². The number of aliphatic hydroxyl groups is 2. The molecule has 2 aliphatic carbocycles. The van der Waals surface area contributed by atoms with Crippen LogP contribution in [0, 0.1) is 11.3 Å². The lowest BCUT2D eigenvalue weighted by molar-refractivity contribution is -0.134. The normalized spacial score (nSPS) is 18.4. The summed E-state index contributed by atoms with van der Waals surface area (Å²) in [4.78, 5) is 51.9. The molecular weight excluding hydrogens is 478 g/mol. The molecular formula is C27H35N3O7. The number of phenols is 1. The van der Waals surface area contributed by atoms with Crippen molar-refractivity contribution < 1.29 is 34.5 Å². The molecule has 10 nitrogen and oxygen atoms in total. The lowest BCUT2D eigenvalue weighted by Gasteiger charge is -2.31. The fourth-order valence-electron chi connectivity index (χ4n) is 4.93. The molecule has 0 fully saturated rings. The summed E-state index contributed by atoms with van der Waals surface area (Å²) < 4.78 is 0. The van der Waals surface area contributed by atoms with Crippen LogP contribution in [-0.4, -0.2) is 65.8 Å². The fraction of sp³-hybridized carbons (Fsp3) is 0.481. The number of ketones is 3. The lowest BCUT2D eigenvalue weighted by atomic mass is 9.75. The molecule has 0 bridgehead atoms. The Morgan fingerprint density at radius 3 is 2.30 bits per heavy atom. The zero-order valence-corrected chi connectivity index (χ0v) is 21.9. The molecule has 0 heterocycles. The van der Waals surface area contributed by atoms with Crippen LogP contribution in [0.25, 0.3) is 0 Å². The van der Waals surface area contributed by atoms with E-state index in [0.29, 0.717) is 30.6 Å². The molecule has 3 rings (SSSR count). The number of hydrogen-bond donors (Lipinski definition) is 5. The summed E-state index contributed by atoms with van der Waals surface area (Å²) >= 11 is 0. The molecule has 6 N–H and O–H groups in total. The third-order valence-electron chi connectivity index (χ3n) is 6.65. The maximum atomic E-state index is 13.3. The van der Waals surface area contributed by atoms with Crippen LogP contribution in [0.5, 0.6) is 5.75 Å². The number of anilines is 1. The average Bonchev–Trinajstić information content (AvgIpc) is 2.77. The quantitative estimate of drug-likeness (QED) is 0.196. The number of phenolic OH excluding ortho intramolecular Hbond substituents is 1. The number of amides is 1. The van der Waals surface area contributed by atoms with E-state index in [9.17, 15) is 34.5 Å². The number of aromatic hydroxyl groups is 1. The van der Waals surface area contributed by atoms with E-state index in [1.807, 2.05) is 25.1 Å². The summed E-state index contributed by atoms with van der Waals surface area (Å²) in [5, 5.41) is 34.5. The van der Waals surface area contributed by atoms with E-state index in [1.165, 1.54) is 0 Å². The number of hydrogen-bond acceptors (Lipinski definition) is 9. The molecule has 10 heteroatoms. The van der Waals surface area contributed by atoms with Crippen molar-refractivity contribution >= 4 is 28.9 Å². The van der Waals surface area contributed by atoms with Gasteiger partial charge < -0.3 is 31.3 Å². The number of allylic oxidation sites excluding steroid dienone is 1. The molecule has 0 unspecified atom stereocenters. The number of rotatable bonds is 8. The highest BCUT2D eigenvalue weighted by atomic mass is 16.3. The second kappa shape index (κ2) is 10.5. The van der Waals surface area contributed by atoms with Crippen molar-refractivity contribution in [1.29, 1.82) is 0 Å². The zero-order valence-electron chi connectivity index (χ0n) is 21.9. The van der Waals surface area contributed by atoms with E-state index in [2.05, 4.69) is 26.1 Å². The number of carbonyl (C=O) groups is 4. The molecule has 0 spiro atoms. The molecule has 1 aromatic carbocycles. The fourth-order valence-corrected chi connectivity index (χ4v) is 4.93. The van der Waals surface area contributed by atoms with Gasteiger partial charge in [-0.25, -0.2) is 0 Å². The number of nitrogens with two attached hydrogens (primary N) is 1. The number of primary amides is 1. The Kier molecular flexibility index (Phi) is 7.94. The van der Waals surface area contributed by atoms with Gasteiger partial charge in [0.1, 0.15) is 17.1 Å². The third kappa shape index (κ3) is 5.60. The second-order valence-corrected chi connectivity index (χ2v) is 11.1. The van der Waals surface area contributed by atoms with Gasteiger partial charge in [0.25, 0.3) is 5.91 Å². The Balaban J connectivity index is 1.99. The summed E-state index contributed by atoms with van der Waals surface area (Å²) in [6, 6.07) is 1.83. The molecule has 1 aromatic rings. The smallest absolute Gasteiger partial charge is 0.256 e. The lowest BCUT2D eigenvalue weighted by Crippen LogP contribution is -2.35. The minimum Gasteiger partial charge on any atom is -0.507 e. The van der Waals surface area contributed by atoms with Crippen LogP contribution < -0.4 is 16.0 Å². The Morgan fingerprint density at radius 2 is 1.76 bits per heavy atom. The van der Waals surface area contributed by atoms with Crippen molar-refractivity contribution in [3.05, 3.63) is 45.2 Å². The van der Waals surface area contributed by atoms with Gasteiger partial charge in [0.05, 0.1) is 12.2 Å². The number of benzene rings is 1. The van der Waals surface area contributed by atoms with Crippen LogP contribution in [0.2, 0.25) is 0 Å². The molecule has 37 heavy (non-hydrogen) atoms. The Morgan fingerprint density at radius 1 is 1.11 bits per heavy atom. The monoisotopic (exact) mass is 513 g/mol. The van der Waals surface area contributed by atoms with Gasteiger partial charge in [-0.15, -0.1) is 0 Å². The molecule has 0 radical (unpaired) electrons. The largest absolute Gasteiger partial charge is 0.507 e. The topological polar surface area (TPSA) is 170 Å². The summed E-state index contributed by atoms with van der Waals surface area (Å²) in [7, 11) is 3.66. The van der Waals surface area contributed by atoms with Crippen molar-refractivity contribution in [3.63, 3.8) is 0 Å². The van der Waals surface area contributed by atoms with Crippen LogP contribution in [0.15, 0.2) is 28.5 Å². The maximum Gasteiger partial charge on any atom is 0.256 e. The highest BCUT2D eigenvalue weighted by Gasteiger charge is 2.40. The third-order valence-corrected chi connectivity index (χ3v) is 6.65. The summed E-state index contributed by atoms with van der Waals surface area (Å²) in [6.45, 7) is 6.58. The predicted octanol–water partition coefficient (Wildman–Crippen LogP) is 1.47. The summed E-state index contributed by atoms with van der Waals surface area (Å²) in [6.07, 6.45) is 0.224. The van der Waals surface area contributed by atoms with E-state index in [-0.39, 0.29) is 46.5 Å². The standard InChI is InChI=1S/C27H35N3O7/c1-27(2,3)12-29-10-14-9-18(30(4)5)16-7-13(8-19(32)20(16)22(14)33)6-15-17(11-31)23(34)21(26(28)37)25(36)24(15)35/h9,13,29,31,33-34H,6-8,10-12H2,1-5H3,(H2,28,37)/t13-/m1/s1. The predicted molar refractivity (Wildman–Crippen MR) is 137 cm³/mol. The van der Waals surface area contributed by atoms with Gasteiger partial charge in [-0.1, -0.05) is 20.8 Å². The van der Waals surface area contributed by atoms with Gasteiger partial charge >= 0.3 is 0 Å². The summed E-state index contributed by atoms with van der Waals surface area (Å²) in [5.74, 6) is -5.17. The first-order valence-corrected chi connectivity index (χ1v) is 12.1. The number of Topliss-reactive ketones (excluding diaryl/α,β-unsaturated/α-hetero) is 3. The number of nitrogens with zero attached hydrogens (tertiary/aromatic N) is 1. The van der Waals surface area contributed by atoms with Crippen LogP contribution in [0.1, 0.15) is 55.1 Å². The molecule has 2 aliphatic rings. The van der Waals surface area contributed by atoms with E-state index in [4.69, 9.17) is 5.73 Å². The molecule has 200 valence electrons. The molecule has 0 aliphatic heterocycles. The second-order valence-electron chi connectivity index (χ2n) is 11.1. The highest BCUT2D eigenvalue weighted by molar-refractivity contribution is 6.55. The van der Waals surface area contributed by atoms with Gasteiger partial charge in [0, 0.05) is 56.0 Å². The summed E-state index contributed by atoms with van der Waals surface area (Å²) in [5.41, 5.74) is 6.17. The van der Waals surface area contributed by atoms with E-state index in [1.54, 1.807) is 0 Å². The average molecular weight is 514 g/mol. The minimum atomic E-state index is -1.26. The molecule has 0 saturated heterocycles.